The number of aliphatic carboxylic acids is 1. The Morgan fingerprint density at radius 2 is 1.74 bits per heavy atom. The van der Waals surface area contributed by atoms with Crippen molar-refractivity contribution in [2.75, 3.05) is 5.75 Å². The first-order valence-corrected chi connectivity index (χ1v) is 13.2. The van der Waals surface area contributed by atoms with E-state index in [1.54, 1.807) is 23.7 Å². The lowest BCUT2D eigenvalue weighted by Crippen LogP contribution is -2.43. The van der Waals surface area contributed by atoms with Crippen molar-refractivity contribution in [1.82, 2.24) is 9.71 Å². The van der Waals surface area contributed by atoms with E-state index < -0.39 is 28.1 Å². The van der Waals surface area contributed by atoms with E-state index in [1.807, 2.05) is 24.3 Å². The number of carboxylic acid groups (broad SMARTS) is 1. The van der Waals surface area contributed by atoms with Crippen LogP contribution in [0, 0.1) is 0 Å². The minimum atomic E-state index is -4.08. The van der Waals surface area contributed by atoms with E-state index in [2.05, 4.69) is 25.6 Å². The molecule has 0 saturated carbocycles. The lowest BCUT2D eigenvalue weighted by molar-refractivity contribution is -0.139. The molecular weight excluding hydrogens is 524 g/mol. The zero-order valence-electron chi connectivity index (χ0n) is 16.0. The summed E-state index contributed by atoms with van der Waals surface area (Å²) >= 11 is 6.07. The predicted molar refractivity (Wildman–Crippen MR) is 125 cm³/mol. The highest BCUT2D eigenvalue weighted by Gasteiger charge is 2.28. The van der Waals surface area contributed by atoms with E-state index in [0.29, 0.717) is 0 Å². The van der Waals surface area contributed by atoms with Crippen molar-refractivity contribution >= 4 is 55.0 Å². The molecule has 0 saturated heterocycles. The molecule has 31 heavy (non-hydrogen) atoms. The molecule has 1 aromatic heterocycles. The average Bonchev–Trinajstić information content (AvgIpc) is 3.26. The van der Waals surface area contributed by atoms with Crippen molar-refractivity contribution in [2.45, 2.75) is 27.8 Å². The Morgan fingerprint density at radius 3 is 2.29 bits per heavy atom. The number of thioether (sulfide) groups is 1. The summed E-state index contributed by atoms with van der Waals surface area (Å²) in [4.78, 5) is 15.6. The predicted octanol–water partition coefficient (Wildman–Crippen LogP) is 3.85. The molecule has 3 aromatic rings. The molecule has 0 spiro atoms. The van der Waals surface area contributed by atoms with Gasteiger partial charge < -0.3 is 10.2 Å². The monoisotopic (exact) mass is 542 g/mol. The van der Waals surface area contributed by atoms with Crippen molar-refractivity contribution in [3.63, 3.8) is 0 Å². The van der Waals surface area contributed by atoms with Crippen molar-refractivity contribution in [3.8, 4) is 11.1 Å². The van der Waals surface area contributed by atoms with E-state index in [-0.39, 0.29) is 17.1 Å². The molecule has 0 aliphatic carbocycles. The molecular formula is C20H19BrN2O5S3. The van der Waals surface area contributed by atoms with Gasteiger partial charge in [-0.2, -0.15) is 4.72 Å². The second-order valence-electron chi connectivity index (χ2n) is 6.54. The number of sulfonamides is 1. The quantitative estimate of drug-likeness (QED) is 0.333. The van der Waals surface area contributed by atoms with Crippen LogP contribution in [0.3, 0.4) is 0 Å². The maximum absolute atomic E-state index is 12.7. The van der Waals surface area contributed by atoms with Crippen LogP contribution in [0.15, 0.2) is 73.8 Å². The zero-order chi connectivity index (χ0) is 22.4. The molecule has 7 nitrogen and oxygen atoms in total. The molecule has 0 amide bonds. The van der Waals surface area contributed by atoms with Gasteiger partial charge in [-0.05, 0) is 35.4 Å². The number of carboxylic acids is 1. The number of nitrogens with one attached hydrogen (secondary N) is 1. The Labute approximate surface area is 196 Å². The van der Waals surface area contributed by atoms with Gasteiger partial charge in [0, 0.05) is 28.2 Å². The lowest BCUT2D eigenvalue weighted by Gasteiger charge is -2.18. The first kappa shape index (κ1) is 23.9. The number of aliphatic hydroxyl groups is 1. The molecule has 164 valence electrons. The fraction of sp³-hybridized carbons (Fsp3) is 0.200. The summed E-state index contributed by atoms with van der Waals surface area (Å²) in [5, 5.41) is 21.4. The number of rotatable bonds is 10. The molecule has 2 aromatic carbocycles. The third kappa shape index (κ3) is 6.86. The highest BCUT2D eigenvalue weighted by atomic mass is 79.9. The van der Waals surface area contributed by atoms with Crippen LogP contribution in [0.2, 0.25) is 0 Å². The van der Waals surface area contributed by atoms with Gasteiger partial charge in [0.15, 0.2) is 0 Å². The number of nitrogens with zero attached hydrogens (tertiary/aromatic N) is 1. The summed E-state index contributed by atoms with van der Waals surface area (Å²) in [5.41, 5.74) is 1.75. The lowest BCUT2D eigenvalue weighted by atomic mass is 10.1. The van der Waals surface area contributed by atoms with E-state index in [0.717, 1.165) is 19.9 Å². The van der Waals surface area contributed by atoms with Crippen LogP contribution in [-0.2, 0) is 14.8 Å². The molecule has 2 atom stereocenters. The number of hydrogen-bond donors (Lipinski definition) is 3. The maximum atomic E-state index is 12.7. The Morgan fingerprint density at radius 1 is 1.13 bits per heavy atom. The van der Waals surface area contributed by atoms with E-state index >= 15 is 0 Å². The summed E-state index contributed by atoms with van der Waals surface area (Å²) in [6.45, 7) is 0. The SMILES string of the molecule is O=C(O)C(CC(O)CSc1nccs1)NS(=O)(=O)c1ccc(-c2ccc(Br)cc2)cc1. The Kier molecular flexibility index (Phi) is 8.25. The highest BCUT2D eigenvalue weighted by molar-refractivity contribution is 9.10. The second-order valence-corrected chi connectivity index (χ2v) is 11.3. The van der Waals surface area contributed by atoms with Crippen molar-refractivity contribution in [2.24, 2.45) is 0 Å². The molecule has 1 heterocycles. The number of halogens is 1. The first-order chi connectivity index (χ1) is 14.7. The van der Waals surface area contributed by atoms with Gasteiger partial charge in [-0.3, -0.25) is 4.79 Å². The minimum absolute atomic E-state index is 0.0498. The van der Waals surface area contributed by atoms with Crippen LogP contribution in [0.4, 0.5) is 0 Å². The van der Waals surface area contributed by atoms with Crippen molar-refractivity contribution in [1.29, 1.82) is 0 Å². The van der Waals surface area contributed by atoms with Gasteiger partial charge in [0.1, 0.15) is 10.4 Å². The van der Waals surface area contributed by atoms with E-state index in [9.17, 15) is 23.4 Å². The maximum Gasteiger partial charge on any atom is 0.321 e. The molecule has 3 N–H and O–H groups in total. The Bertz CT molecular complexity index is 1100. The fourth-order valence-electron chi connectivity index (χ4n) is 2.71. The van der Waals surface area contributed by atoms with Gasteiger partial charge in [0.25, 0.3) is 0 Å². The molecule has 2 unspecified atom stereocenters. The number of thiazole rings is 1. The van der Waals surface area contributed by atoms with E-state index in [1.165, 1.54) is 35.2 Å². The third-order valence-electron chi connectivity index (χ3n) is 4.25. The number of carbonyl (C=O) groups is 1. The van der Waals surface area contributed by atoms with Crippen LogP contribution < -0.4 is 4.72 Å². The smallest absolute Gasteiger partial charge is 0.321 e. The van der Waals surface area contributed by atoms with Crippen LogP contribution in [0.5, 0.6) is 0 Å². The van der Waals surface area contributed by atoms with Crippen molar-refractivity contribution in [3.05, 3.63) is 64.6 Å². The topological polar surface area (TPSA) is 117 Å². The molecule has 0 fully saturated rings. The largest absolute Gasteiger partial charge is 0.480 e. The number of aliphatic hydroxyl groups excluding tert-OH is 1. The van der Waals surface area contributed by atoms with Crippen LogP contribution in [0.1, 0.15) is 6.42 Å². The summed E-state index contributed by atoms with van der Waals surface area (Å²) < 4.78 is 29.2. The molecule has 0 bridgehead atoms. The zero-order valence-corrected chi connectivity index (χ0v) is 20.0. The van der Waals surface area contributed by atoms with Gasteiger partial charge in [0.05, 0.1) is 11.0 Å². The normalized spacial score (nSPS) is 13.6. The first-order valence-electron chi connectivity index (χ1n) is 9.06. The van der Waals surface area contributed by atoms with Crippen LogP contribution in [0.25, 0.3) is 11.1 Å². The second kappa shape index (κ2) is 10.7. The number of benzene rings is 2. The van der Waals surface area contributed by atoms with Gasteiger partial charge >= 0.3 is 5.97 Å². The van der Waals surface area contributed by atoms with Crippen LogP contribution in [-0.4, -0.2) is 47.5 Å². The van der Waals surface area contributed by atoms with Crippen LogP contribution >= 0.6 is 39.0 Å². The fourth-order valence-corrected chi connectivity index (χ4v) is 5.79. The third-order valence-corrected chi connectivity index (χ3v) is 8.38. The summed E-state index contributed by atoms with van der Waals surface area (Å²) in [6, 6.07) is 12.3. The van der Waals surface area contributed by atoms with Gasteiger partial charge in [-0.15, -0.1) is 11.3 Å². The summed E-state index contributed by atoms with van der Waals surface area (Å²) in [6.07, 6.45) is 0.358. The summed E-state index contributed by atoms with van der Waals surface area (Å²) in [5.74, 6) is -1.14. The molecule has 0 aliphatic heterocycles. The Balaban J connectivity index is 1.66. The van der Waals surface area contributed by atoms with E-state index in [4.69, 9.17) is 0 Å². The van der Waals surface area contributed by atoms with Crippen molar-refractivity contribution < 1.29 is 23.4 Å². The van der Waals surface area contributed by atoms with Gasteiger partial charge in [-0.1, -0.05) is 52.0 Å². The number of hydrogen-bond acceptors (Lipinski definition) is 7. The minimum Gasteiger partial charge on any atom is -0.480 e. The molecule has 0 aliphatic rings. The standard InChI is InChI=1S/C20H19BrN2O5S3/c21-15-5-1-13(2-6-15)14-3-7-17(8-4-14)31(27,28)23-18(19(25)26)11-16(24)12-30-20-22-9-10-29-20/h1-10,16,18,23-24H,11-12H2,(H,25,26). The van der Waals surface area contributed by atoms with Gasteiger partial charge in [-0.25, -0.2) is 13.4 Å². The average molecular weight is 543 g/mol. The Hall–Kier alpha value is -1.76. The summed E-state index contributed by atoms with van der Waals surface area (Å²) in [7, 11) is -4.08. The molecule has 3 rings (SSSR count). The molecule has 0 radical (unpaired) electrons. The van der Waals surface area contributed by atoms with Gasteiger partial charge in [0.2, 0.25) is 10.0 Å². The molecule has 11 heteroatoms. The number of aromatic nitrogens is 1. The highest BCUT2D eigenvalue weighted by Crippen LogP contribution is 2.24.